The van der Waals surface area contributed by atoms with E-state index in [2.05, 4.69) is 15.6 Å². The van der Waals surface area contributed by atoms with Crippen molar-refractivity contribution in [3.63, 3.8) is 0 Å². The van der Waals surface area contributed by atoms with Crippen LogP contribution >= 0.6 is 24.0 Å². The third-order valence-electron chi connectivity index (χ3n) is 5.30. The molecule has 0 radical (unpaired) electrons. The molecule has 1 heterocycles. The molecule has 1 atom stereocenters. The van der Waals surface area contributed by atoms with Crippen molar-refractivity contribution < 1.29 is 13.9 Å². The molecule has 1 aliphatic rings. The summed E-state index contributed by atoms with van der Waals surface area (Å²) < 4.78 is 18.6. The third kappa shape index (κ3) is 5.26. The normalized spacial score (nSPS) is 17.8. The molecule has 1 aromatic heterocycles. The van der Waals surface area contributed by atoms with E-state index in [1.165, 1.54) is 18.6 Å². The molecule has 154 valence electrons. The van der Waals surface area contributed by atoms with Gasteiger partial charge in [0.2, 0.25) is 0 Å². The lowest BCUT2D eigenvalue weighted by atomic mass is 9.64. The number of aliphatic hydroxyl groups is 1. The Kier molecular flexibility index (Phi) is 7.88. The molecule has 0 amide bonds. The zero-order chi connectivity index (χ0) is 19.3. The molecular weight excluding hydrogens is 472 g/mol. The molecule has 5 nitrogen and oxygen atoms in total. The molecule has 1 aromatic carbocycles. The van der Waals surface area contributed by atoms with Crippen molar-refractivity contribution in [1.82, 2.24) is 10.6 Å². The summed E-state index contributed by atoms with van der Waals surface area (Å²) in [6, 6.07) is 10.3. The van der Waals surface area contributed by atoms with Gasteiger partial charge in [0.05, 0.1) is 12.8 Å². The molecule has 7 heteroatoms. The van der Waals surface area contributed by atoms with Crippen LogP contribution in [0.3, 0.4) is 0 Å². The summed E-state index contributed by atoms with van der Waals surface area (Å²) in [5, 5.41) is 17.2. The van der Waals surface area contributed by atoms with Crippen LogP contribution in [-0.2, 0) is 11.0 Å². The van der Waals surface area contributed by atoms with E-state index in [1.807, 2.05) is 19.1 Å². The van der Waals surface area contributed by atoms with E-state index < -0.39 is 5.60 Å². The van der Waals surface area contributed by atoms with Crippen LogP contribution in [0, 0.1) is 5.82 Å². The van der Waals surface area contributed by atoms with Gasteiger partial charge in [0.1, 0.15) is 17.2 Å². The molecule has 1 saturated carbocycles. The summed E-state index contributed by atoms with van der Waals surface area (Å²) in [4.78, 5) is 4.53. The highest BCUT2D eigenvalue weighted by Crippen LogP contribution is 2.43. The van der Waals surface area contributed by atoms with Crippen molar-refractivity contribution in [3.8, 4) is 0 Å². The zero-order valence-corrected chi connectivity index (χ0v) is 18.7. The number of rotatable bonds is 7. The Morgan fingerprint density at radius 3 is 2.50 bits per heavy atom. The van der Waals surface area contributed by atoms with Crippen molar-refractivity contribution in [2.45, 2.75) is 44.1 Å². The molecule has 1 aliphatic carbocycles. The van der Waals surface area contributed by atoms with Crippen LogP contribution in [0.5, 0.6) is 0 Å². The van der Waals surface area contributed by atoms with Crippen LogP contribution in [0.2, 0.25) is 0 Å². The van der Waals surface area contributed by atoms with E-state index in [-0.39, 0.29) is 41.8 Å². The molecule has 2 aromatic rings. The topological polar surface area (TPSA) is 69.8 Å². The summed E-state index contributed by atoms with van der Waals surface area (Å²) in [6.45, 7) is 5.30. The first-order valence-electron chi connectivity index (χ1n) is 9.50. The Hall–Kier alpha value is -1.61. The molecule has 0 bridgehead atoms. The maximum absolute atomic E-state index is 13.3. The molecule has 0 saturated heterocycles. The maximum Gasteiger partial charge on any atom is 0.191 e. The van der Waals surface area contributed by atoms with Gasteiger partial charge in [-0.1, -0.05) is 18.6 Å². The van der Waals surface area contributed by atoms with Gasteiger partial charge in [-0.25, -0.2) is 9.38 Å². The van der Waals surface area contributed by atoms with Crippen LogP contribution < -0.4 is 10.6 Å². The molecule has 0 spiro atoms. The number of hydrogen-bond acceptors (Lipinski definition) is 3. The van der Waals surface area contributed by atoms with Gasteiger partial charge in [-0.15, -0.1) is 24.0 Å². The SMILES string of the molecule is CCNC(=NCC(C)(O)c1ccco1)NCC1(c2ccc(F)cc2)CCC1.I. The van der Waals surface area contributed by atoms with Gasteiger partial charge in [0.15, 0.2) is 5.96 Å². The minimum Gasteiger partial charge on any atom is -0.466 e. The van der Waals surface area contributed by atoms with Crippen molar-refractivity contribution in [2.24, 2.45) is 4.99 Å². The van der Waals surface area contributed by atoms with E-state index in [0.717, 1.165) is 24.9 Å². The van der Waals surface area contributed by atoms with Crippen LogP contribution in [0.15, 0.2) is 52.1 Å². The molecule has 1 fully saturated rings. The van der Waals surface area contributed by atoms with Gasteiger partial charge in [0.25, 0.3) is 0 Å². The van der Waals surface area contributed by atoms with E-state index in [9.17, 15) is 9.50 Å². The monoisotopic (exact) mass is 501 g/mol. The number of nitrogens with one attached hydrogen (secondary N) is 2. The van der Waals surface area contributed by atoms with Crippen molar-refractivity contribution in [2.75, 3.05) is 19.6 Å². The lowest BCUT2D eigenvalue weighted by Crippen LogP contribution is -2.49. The average Bonchev–Trinajstić information content (AvgIpc) is 3.15. The first kappa shape index (κ1) is 22.7. The van der Waals surface area contributed by atoms with Gasteiger partial charge in [-0.05, 0) is 56.5 Å². The van der Waals surface area contributed by atoms with Crippen molar-refractivity contribution in [3.05, 3.63) is 59.8 Å². The van der Waals surface area contributed by atoms with Crippen molar-refractivity contribution in [1.29, 1.82) is 0 Å². The lowest BCUT2D eigenvalue weighted by Gasteiger charge is -2.43. The molecule has 1 unspecified atom stereocenters. The van der Waals surface area contributed by atoms with Crippen LogP contribution in [-0.4, -0.2) is 30.7 Å². The number of aliphatic imine (C=N–C) groups is 1. The van der Waals surface area contributed by atoms with Gasteiger partial charge < -0.3 is 20.2 Å². The highest BCUT2D eigenvalue weighted by Gasteiger charge is 2.38. The largest absolute Gasteiger partial charge is 0.466 e. The number of benzene rings is 1. The van der Waals surface area contributed by atoms with Gasteiger partial charge in [-0.2, -0.15) is 0 Å². The second-order valence-corrected chi connectivity index (χ2v) is 7.44. The van der Waals surface area contributed by atoms with Crippen LogP contribution in [0.25, 0.3) is 0 Å². The van der Waals surface area contributed by atoms with Gasteiger partial charge >= 0.3 is 0 Å². The summed E-state index contributed by atoms with van der Waals surface area (Å²) in [7, 11) is 0. The van der Waals surface area contributed by atoms with Gasteiger partial charge in [-0.3, -0.25) is 0 Å². The number of nitrogens with zero attached hydrogens (tertiary/aromatic N) is 1. The maximum atomic E-state index is 13.3. The summed E-state index contributed by atoms with van der Waals surface area (Å²) in [5.41, 5.74) is -0.00854. The predicted molar refractivity (Wildman–Crippen MR) is 120 cm³/mol. The number of guanidine groups is 1. The zero-order valence-electron chi connectivity index (χ0n) is 16.4. The van der Waals surface area contributed by atoms with Crippen LogP contribution in [0.1, 0.15) is 44.4 Å². The summed E-state index contributed by atoms with van der Waals surface area (Å²) in [6.07, 6.45) is 4.84. The van der Waals surface area contributed by atoms with E-state index in [0.29, 0.717) is 18.3 Å². The third-order valence-corrected chi connectivity index (χ3v) is 5.30. The first-order chi connectivity index (χ1) is 13.0. The fourth-order valence-corrected chi connectivity index (χ4v) is 3.47. The van der Waals surface area contributed by atoms with Crippen molar-refractivity contribution >= 4 is 29.9 Å². The predicted octanol–water partition coefficient (Wildman–Crippen LogP) is 3.92. The molecule has 3 rings (SSSR count). The summed E-state index contributed by atoms with van der Waals surface area (Å²) in [5.74, 6) is 0.929. The highest BCUT2D eigenvalue weighted by molar-refractivity contribution is 14.0. The Morgan fingerprint density at radius 1 is 1.25 bits per heavy atom. The number of furan rings is 1. The fourth-order valence-electron chi connectivity index (χ4n) is 3.47. The second-order valence-electron chi connectivity index (χ2n) is 7.44. The second kappa shape index (κ2) is 9.73. The average molecular weight is 501 g/mol. The minimum atomic E-state index is -1.17. The Labute approximate surface area is 182 Å². The van der Waals surface area contributed by atoms with Crippen LogP contribution in [0.4, 0.5) is 4.39 Å². The highest BCUT2D eigenvalue weighted by atomic mass is 127. The number of hydrogen-bond donors (Lipinski definition) is 3. The Balaban J connectivity index is 0.00000280. The lowest BCUT2D eigenvalue weighted by molar-refractivity contribution is 0.0436. The quantitative estimate of drug-likeness (QED) is 0.306. The van der Waals surface area contributed by atoms with E-state index in [4.69, 9.17) is 4.42 Å². The standard InChI is InChI=1S/C21H28FN3O2.HI/c1-3-23-19(24-14-20(2,26)18-6-4-13-27-18)25-15-21(11-5-12-21)16-7-9-17(22)10-8-16;/h4,6-10,13,26H,3,5,11-12,14-15H2,1-2H3,(H2,23,24,25);1H. The molecule has 0 aliphatic heterocycles. The minimum absolute atomic E-state index is 0. The molecule has 3 N–H and O–H groups in total. The molecule has 28 heavy (non-hydrogen) atoms. The molecular formula is C21H29FIN3O2. The smallest absolute Gasteiger partial charge is 0.191 e. The van der Waals surface area contributed by atoms with E-state index in [1.54, 1.807) is 25.3 Å². The Bertz CT molecular complexity index is 756. The van der Waals surface area contributed by atoms with Gasteiger partial charge in [0, 0.05) is 18.5 Å². The number of halogens is 2. The van der Waals surface area contributed by atoms with E-state index >= 15 is 0 Å². The summed E-state index contributed by atoms with van der Waals surface area (Å²) >= 11 is 0. The fraction of sp³-hybridized carbons (Fsp3) is 0.476. The first-order valence-corrected chi connectivity index (χ1v) is 9.50. The Morgan fingerprint density at radius 2 is 1.96 bits per heavy atom.